The number of hydrogen-bond donors (Lipinski definition) is 2. The zero-order valence-corrected chi connectivity index (χ0v) is 17.6. The third-order valence-corrected chi connectivity index (χ3v) is 5.74. The van der Waals surface area contributed by atoms with E-state index in [0.29, 0.717) is 27.9 Å². The lowest BCUT2D eigenvalue weighted by Gasteiger charge is -2.07. The van der Waals surface area contributed by atoms with Crippen molar-refractivity contribution in [1.82, 2.24) is 5.32 Å². The first-order chi connectivity index (χ1) is 15.0. The van der Waals surface area contributed by atoms with E-state index in [2.05, 4.69) is 10.3 Å². The Hall–Kier alpha value is -3.58. The highest BCUT2D eigenvalue weighted by molar-refractivity contribution is 8.18. The zero-order chi connectivity index (χ0) is 21.8. The van der Waals surface area contributed by atoms with Gasteiger partial charge in [-0.05, 0) is 64.9 Å². The largest absolute Gasteiger partial charge is 0.496 e. The first kappa shape index (κ1) is 20.7. The van der Waals surface area contributed by atoms with Crippen LogP contribution in [-0.4, -0.2) is 29.3 Å². The lowest BCUT2D eigenvalue weighted by atomic mass is 10.1. The number of aliphatic imine (C=N–C) groups is 1. The maximum atomic E-state index is 12.5. The summed E-state index contributed by atoms with van der Waals surface area (Å²) < 4.78 is 5.51. The summed E-state index contributed by atoms with van der Waals surface area (Å²) in [6.45, 7) is 0. The van der Waals surface area contributed by atoms with Gasteiger partial charge in [-0.2, -0.15) is 0 Å². The molecule has 0 atom stereocenters. The number of aliphatic carboxylic acids is 1. The summed E-state index contributed by atoms with van der Waals surface area (Å²) in [6, 6.07) is 19.3. The molecule has 0 aliphatic carbocycles. The van der Waals surface area contributed by atoms with Gasteiger partial charge in [0.05, 0.1) is 17.7 Å². The van der Waals surface area contributed by atoms with E-state index in [1.807, 2.05) is 66.7 Å². The van der Waals surface area contributed by atoms with Gasteiger partial charge < -0.3 is 15.2 Å². The number of thioether (sulfide) groups is 1. The molecule has 0 aromatic heterocycles. The summed E-state index contributed by atoms with van der Waals surface area (Å²) in [6.07, 6.45) is 2.37. The molecule has 3 aromatic rings. The lowest BCUT2D eigenvalue weighted by Crippen LogP contribution is -2.19. The van der Waals surface area contributed by atoms with Crippen LogP contribution < -0.4 is 10.1 Å². The van der Waals surface area contributed by atoms with Crippen molar-refractivity contribution in [1.29, 1.82) is 0 Å². The lowest BCUT2D eigenvalue weighted by molar-refractivity contribution is -0.137. The summed E-state index contributed by atoms with van der Waals surface area (Å²) >= 11 is 1.27. The summed E-state index contributed by atoms with van der Waals surface area (Å²) in [5, 5.41) is 14.2. The number of nitrogens with one attached hydrogen (secondary N) is 1. The van der Waals surface area contributed by atoms with E-state index < -0.39 is 5.97 Å². The Morgan fingerprint density at radius 3 is 2.52 bits per heavy atom. The van der Waals surface area contributed by atoms with Gasteiger partial charge in [-0.1, -0.05) is 36.4 Å². The van der Waals surface area contributed by atoms with Crippen LogP contribution in [0.25, 0.3) is 16.8 Å². The van der Waals surface area contributed by atoms with Crippen molar-refractivity contribution in [3.05, 3.63) is 76.7 Å². The second-order valence-corrected chi connectivity index (χ2v) is 8.01. The van der Waals surface area contributed by atoms with Crippen LogP contribution in [0.1, 0.15) is 17.5 Å². The van der Waals surface area contributed by atoms with E-state index in [4.69, 9.17) is 9.84 Å². The van der Waals surface area contributed by atoms with Crippen molar-refractivity contribution in [2.45, 2.75) is 12.8 Å². The van der Waals surface area contributed by atoms with Crippen molar-refractivity contribution < 1.29 is 19.4 Å². The first-order valence-electron chi connectivity index (χ1n) is 9.69. The molecule has 1 aliphatic rings. The smallest absolute Gasteiger partial charge is 0.303 e. The van der Waals surface area contributed by atoms with Crippen LogP contribution in [0, 0.1) is 0 Å². The van der Waals surface area contributed by atoms with Crippen LogP contribution in [0.15, 0.2) is 70.6 Å². The van der Waals surface area contributed by atoms with Gasteiger partial charge in [0.25, 0.3) is 5.91 Å². The van der Waals surface area contributed by atoms with Gasteiger partial charge in [0.15, 0.2) is 5.17 Å². The molecule has 6 nitrogen and oxygen atoms in total. The van der Waals surface area contributed by atoms with Crippen molar-refractivity contribution >= 4 is 51.3 Å². The molecule has 156 valence electrons. The number of benzene rings is 3. The minimum Gasteiger partial charge on any atom is -0.496 e. The van der Waals surface area contributed by atoms with Crippen LogP contribution in [0.5, 0.6) is 5.75 Å². The molecule has 7 heteroatoms. The number of fused-ring (bicyclic) bond motifs is 1. The Morgan fingerprint density at radius 2 is 1.84 bits per heavy atom. The monoisotopic (exact) mass is 432 g/mol. The minimum absolute atomic E-state index is 0.0894. The number of rotatable bonds is 6. The molecule has 0 unspecified atom stereocenters. The number of methoxy groups -OCH3 is 1. The fraction of sp³-hybridized carbons (Fsp3) is 0.125. The predicted molar refractivity (Wildman–Crippen MR) is 124 cm³/mol. The predicted octanol–water partition coefficient (Wildman–Crippen LogP) is 4.76. The molecule has 2 N–H and O–H groups in total. The molecule has 1 aliphatic heterocycles. The van der Waals surface area contributed by atoms with Crippen molar-refractivity contribution in [3.8, 4) is 5.75 Å². The van der Waals surface area contributed by atoms with Gasteiger partial charge in [0, 0.05) is 12.0 Å². The highest BCUT2D eigenvalue weighted by atomic mass is 32.2. The number of ether oxygens (including phenoxy) is 1. The summed E-state index contributed by atoms with van der Waals surface area (Å²) in [5.74, 6) is -0.337. The number of carbonyl (C=O) groups is 2. The maximum Gasteiger partial charge on any atom is 0.303 e. The Kier molecular flexibility index (Phi) is 6.04. The number of carboxylic acid groups (broad SMARTS) is 1. The Labute approximate surface area is 183 Å². The number of amides is 1. The normalized spacial score (nSPS) is 16.1. The Balaban J connectivity index is 1.55. The van der Waals surface area contributed by atoms with Gasteiger partial charge in [-0.25, -0.2) is 4.99 Å². The van der Waals surface area contributed by atoms with Gasteiger partial charge >= 0.3 is 5.97 Å². The Morgan fingerprint density at radius 1 is 1.13 bits per heavy atom. The molecule has 1 fully saturated rings. The maximum absolute atomic E-state index is 12.5. The molecule has 1 heterocycles. The number of carbonyl (C=O) groups excluding carboxylic acids is 1. The van der Waals surface area contributed by atoms with Crippen LogP contribution in [0.2, 0.25) is 0 Å². The highest BCUT2D eigenvalue weighted by Crippen LogP contribution is 2.33. The highest BCUT2D eigenvalue weighted by Gasteiger charge is 2.24. The summed E-state index contributed by atoms with van der Waals surface area (Å²) in [4.78, 5) is 28.2. The van der Waals surface area contributed by atoms with Crippen molar-refractivity contribution in [2.75, 3.05) is 7.11 Å². The number of aryl methyl sites for hydroxylation is 1. The third-order valence-electron chi connectivity index (χ3n) is 4.83. The van der Waals surface area contributed by atoms with E-state index in [1.54, 1.807) is 7.11 Å². The van der Waals surface area contributed by atoms with Crippen LogP contribution in [0.3, 0.4) is 0 Å². The summed E-state index contributed by atoms with van der Waals surface area (Å²) in [7, 11) is 1.61. The standard InChI is InChI=1S/C24H20N2O4S/c1-30-20-13-17-5-3-2-4-16(17)12-18(20)14-21-23(29)26-24(31-21)25-19-9-6-15(7-10-19)8-11-22(27)28/h2-7,9-10,12-14H,8,11H2,1H3,(H,27,28)(H,25,26,29). The molecule has 1 amide bonds. The molecule has 3 aromatic carbocycles. The first-order valence-corrected chi connectivity index (χ1v) is 10.5. The molecular formula is C24H20N2O4S. The second-order valence-electron chi connectivity index (χ2n) is 6.98. The van der Waals surface area contributed by atoms with Gasteiger partial charge in [0.1, 0.15) is 5.75 Å². The number of amidine groups is 1. The van der Waals surface area contributed by atoms with Crippen LogP contribution >= 0.6 is 11.8 Å². The fourth-order valence-corrected chi connectivity index (χ4v) is 4.09. The molecule has 31 heavy (non-hydrogen) atoms. The molecule has 1 saturated heterocycles. The minimum atomic E-state index is -0.822. The second kappa shape index (κ2) is 9.06. The van der Waals surface area contributed by atoms with Gasteiger partial charge in [0.2, 0.25) is 0 Å². The SMILES string of the molecule is COc1cc2ccccc2cc1C=C1SC(=Nc2ccc(CCC(=O)O)cc2)NC1=O. The molecular weight excluding hydrogens is 412 g/mol. The average Bonchev–Trinajstić information content (AvgIpc) is 3.11. The quantitative estimate of drug-likeness (QED) is 0.549. The molecule has 0 spiro atoms. The Bertz CT molecular complexity index is 1220. The van der Waals surface area contributed by atoms with E-state index >= 15 is 0 Å². The molecule has 0 radical (unpaired) electrons. The van der Waals surface area contributed by atoms with Crippen molar-refractivity contribution in [2.24, 2.45) is 4.99 Å². The number of hydrogen-bond acceptors (Lipinski definition) is 5. The van der Waals surface area contributed by atoms with Gasteiger partial charge in [-0.15, -0.1) is 0 Å². The fourth-order valence-electron chi connectivity index (χ4n) is 3.25. The van der Waals surface area contributed by atoms with Crippen LogP contribution in [0.4, 0.5) is 5.69 Å². The average molecular weight is 433 g/mol. The zero-order valence-electron chi connectivity index (χ0n) is 16.8. The molecule has 0 bridgehead atoms. The molecule has 0 saturated carbocycles. The molecule has 4 rings (SSSR count). The van der Waals surface area contributed by atoms with Crippen LogP contribution in [-0.2, 0) is 16.0 Å². The number of carboxylic acids is 1. The van der Waals surface area contributed by atoms with E-state index in [1.165, 1.54) is 11.8 Å². The summed E-state index contributed by atoms with van der Waals surface area (Å²) in [5.41, 5.74) is 2.44. The van der Waals surface area contributed by atoms with E-state index in [9.17, 15) is 9.59 Å². The third kappa shape index (κ3) is 4.95. The number of nitrogens with zero attached hydrogens (tertiary/aromatic N) is 1. The topological polar surface area (TPSA) is 88.0 Å². The van der Waals surface area contributed by atoms with Gasteiger partial charge in [-0.3, -0.25) is 9.59 Å². The van der Waals surface area contributed by atoms with E-state index in [-0.39, 0.29) is 12.3 Å². The van der Waals surface area contributed by atoms with Crippen molar-refractivity contribution in [3.63, 3.8) is 0 Å². The van der Waals surface area contributed by atoms with E-state index in [0.717, 1.165) is 21.9 Å².